The van der Waals surface area contributed by atoms with Crippen LogP contribution in [0, 0.1) is 6.92 Å². The third-order valence-corrected chi connectivity index (χ3v) is 7.89. The molecule has 0 aliphatic carbocycles. The summed E-state index contributed by atoms with van der Waals surface area (Å²) < 4.78 is 5.27. The number of aryl methyl sites for hydroxylation is 1. The second kappa shape index (κ2) is 10.1. The molecule has 1 fully saturated rings. The Hall–Kier alpha value is -3.36. The second-order valence-electron chi connectivity index (χ2n) is 8.38. The average molecular weight is 508 g/mol. The van der Waals surface area contributed by atoms with E-state index in [9.17, 15) is 4.79 Å². The number of carbonyl (C=O) groups is 1. The van der Waals surface area contributed by atoms with Gasteiger partial charge in [0.2, 0.25) is 0 Å². The fourth-order valence-electron chi connectivity index (χ4n) is 4.38. The molecule has 1 saturated heterocycles. The van der Waals surface area contributed by atoms with Gasteiger partial charge in [0.05, 0.1) is 17.4 Å². The SMILES string of the molecule is COc1ccc(N2CCN(c3ncnc4sc(C(=O)NCc5ccccc5Cl)c(C)c34)CC2)cc1. The predicted molar refractivity (Wildman–Crippen MR) is 142 cm³/mol. The highest BCUT2D eigenvalue weighted by Crippen LogP contribution is 2.35. The van der Waals surface area contributed by atoms with E-state index in [2.05, 4.69) is 37.2 Å². The Bertz CT molecular complexity index is 1350. The number of benzene rings is 2. The first-order chi connectivity index (χ1) is 17.0. The maximum Gasteiger partial charge on any atom is 0.261 e. The summed E-state index contributed by atoms with van der Waals surface area (Å²) in [6.07, 6.45) is 1.59. The zero-order chi connectivity index (χ0) is 24.4. The molecule has 0 bridgehead atoms. The Morgan fingerprint density at radius 1 is 1.06 bits per heavy atom. The third-order valence-electron chi connectivity index (χ3n) is 6.33. The molecule has 7 nitrogen and oxygen atoms in total. The minimum Gasteiger partial charge on any atom is -0.497 e. The van der Waals surface area contributed by atoms with Gasteiger partial charge in [0.1, 0.15) is 22.7 Å². The van der Waals surface area contributed by atoms with Crippen LogP contribution in [0.15, 0.2) is 54.9 Å². The monoisotopic (exact) mass is 507 g/mol. The van der Waals surface area contributed by atoms with E-state index in [1.54, 1.807) is 13.4 Å². The van der Waals surface area contributed by atoms with Crippen LogP contribution in [0.25, 0.3) is 10.2 Å². The molecular formula is C26H26ClN5O2S. The number of hydrogen-bond acceptors (Lipinski definition) is 7. The van der Waals surface area contributed by atoms with Crippen molar-refractivity contribution < 1.29 is 9.53 Å². The molecule has 0 spiro atoms. The summed E-state index contributed by atoms with van der Waals surface area (Å²) in [6, 6.07) is 15.7. The summed E-state index contributed by atoms with van der Waals surface area (Å²) >= 11 is 7.64. The summed E-state index contributed by atoms with van der Waals surface area (Å²) in [7, 11) is 1.68. The quantitative estimate of drug-likeness (QED) is 0.399. The van der Waals surface area contributed by atoms with E-state index in [4.69, 9.17) is 16.3 Å². The van der Waals surface area contributed by atoms with Gasteiger partial charge in [-0.1, -0.05) is 29.8 Å². The van der Waals surface area contributed by atoms with Crippen LogP contribution in [0.1, 0.15) is 20.8 Å². The topological polar surface area (TPSA) is 70.6 Å². The highest BCUT2D eigenvalue weighted by molar-refractivity contribution is 7.20. The number of amides is 1. The van der Waals surface area contributed by atoms with Crippen molar-refractivity contribution in [1.29, 1.82) is 0 Å². The van der Waals surface area contributed by atoms with Crippen LogP contribution in [0.3, 0.4) is 0 Å². The van der Waals surface area contributed by atoms with Crippen molar-refractivity contribution in [3.63, 3.8) is 0 Å². The van der Waals surface area contributed by atoms with Crippen LogP contribution < -0.4 is 19.9 Å². The lowest BCUT2D eigenvalue weighted by atomic mass is 10.1. The summed E-state index contributed by atoms with van der Waals surface area (Å²) in [4.78, 5) is 28.3. The largest absolute Gasteiger partial charge is 0.497 e. The first-order valence-electron chi connectivity index (χ1n) is 11.4. The van der Waals surface area contributed by atoms with Crippen molar-refractivity contribution in [1.82, 2.24) is 15.3 Å². The molecule has 0 radical (unpaired) electrons. The molecule has 4 aromatic rings. The van der Waals surface area contributed by atoms with Gasteiger partial charge in [-0.15, -0.1) is 11.3 Å². The third kappa shape index (κ3) is 4.76. The van der Waals surface area contributed by atoms with Crippen molar-refractivity contribution in [3.8, 4) is 5.75 Å². The fraction of sp³-hybridized carbons (Fsp3) is 0.269. The number of thiophene rings is 1. The standard InChI is InChI=1S/C26H26ClN5O2S/c1-17-22-24(32-13-11-31(12-14-32)19-7-9-20(34-2)10-8-19)29-16-30-26(22)35-23(17)25(33)28-15-18-5-3-4-6-21(18)27/h3-10,16H,11-15H2,1-2H3,(H,28,33). The smallest absolute Gasteiger partial charge is 0.261 e. The Labute approximate surface area is 213 Å². The number of methoxy groups -OCH3 is 1. The van der Waals surface area contributed by atoms with Crippen LogP contribution in [0.4, 0.5) is 11.5 Å². The molecule has 3 heterocycles. The van der Waals surface area contributed by atoms with Crippen LogP contribution in [-0.4, -0.2) is 49.2 Å². The number of ether oxygens (including phenoxy) is 1. The summed E-state index contributed by atoms with van der Waals surface area (Å²) in [6.45, 7) is 5.78. The fourth-order valence-corrected chi connectivity index (χ4v) is 5.64. The molecule has 35 heavy (non-hydrogen) atoms. The minimum atomic E-state index is -0.124. The lowest BCUT2D eigenvalue weighted by molar-refractivity contribution is 0.0954. The number of carbonyl (C=O) groups excluding carboxylic acids is 1. The van der Waals surface area contributed by atoms with Gasteiger partial charge in [-0.05, 0) is 48.4 Å². The maximum absolute atomic E-state index is 13.0. The van der Waals surface area contributed by atoms with Gasteiger partial charge in [-0.3, -0.25) is 4.79 Å². The van der Waals surface area contributed by atoms with Gasteiger partial charge in [-0.2, -0.15) is 0 Å². The van der Waals surface area contributed by atoms with Crippen LogP contribution in [0.5, 0.6) is 5.75 Å². The molecule has 1 aliphatic rings. The number of nitrogens with one attached hydrogen (secondary N) is 1. The van der Waals surface area contributed by atoms with Crippen molar-refractivity contribution in [2.75, 3.05) is 43.1 Å². The van der Waals surface area contributed by atoms with Crippen molar-refractivity contribution in [3.05, 3.63) is 75.9 Å². The first kappa shape index (κ1) is 23.4. The highest BCUT2D eigenvalue weighted by atomic mass is 35.5. The van der Waals surface area contributed by atoms with Gasteiger partial charge in [0.15, 0.2) is 0 Å². The molecule has 0 atom stereocenters. The van der Waals surface area contributed by atoms with Gasteiger partial charge >= 0.3 is 0 Å². The van der Waals surface area contributed by atoms with Crippen LogP contribution in [0.2, 0.25) is 5.02 Å². The first-order valence-corrected chi connectivity index (χ1v) is 12.6. The average Bonchev–Trinajstić information content (AvgIpc) is 3.25. The second-order valence-corrected chi connectivity index (χ2v) is 9.79. The zero-order valence-electron chi connectivity index (χ0n) is 19.6. The number of hydrogen-bond donors (Lipinski definition) is 1. The van der Waals surface area contributed by atoms with Gasteiger partial charge < -0.3 is 19.9 Å². The van der Waals surface area contributed by atoms with Crippen LogP contribution in [-0.2, 0) is 6.54 Å². The zero-order valence-corrected chi connectivity index (χ0v) is 21.2. The molecule has 180 valence electrons. The number of halogens is 1. The number of nitrogens with zero attached hydrogens (tertiary/aromatic N) is 4. The highest BCUT2D eigenvalue weighted by Gasteiger charge is 2.24. The number of piperazine rings is 1. The molecule has 1 N–H and O–H groups in total. The molecule has 0 unspecified atom stereocenters. The van der Waals surface area contributed by atoms with Gasteiger partial charge in [0.25, 0.3) is 5.91 Å². The maximum atomic E-state index is 13.0. The van der Waals surface area contributed by atoms with E-state index in [0.29, 0.717) is 16.4 Å². The van der Waals surface area contributed by atoms with E-state index in [1.165, 1.54) is 17.0 Å². The summed E-state index contributed by atoms with van der Waals surface area (Å²) in [5.41, 5.74) is 2.98. The lowest BCUT2D eigenvalue weighted by Crippen LogP contribution is -2.46. The molecule has 1 aliphatic heterocycles. The van der Waals surface area contributed by atoms with Crippen LogP contribution >= 0.6 is 22.9 Å². The number of aromatic nitrogens is 2. The number of fused-ring (bicyclic) bond motifs is 1. The van der Waals surface area contributed by atoms with Gasteiger partial charge in [0, 0.05) is 43.4 Å². The number of rotatable bonds is 6. The van der Waals surface area contributed by atoms with E-state index in [-0.39, 0.29) is 5.91 Å². The van der Waals surface area contributed by atoms with E-state index in [1.807, 2.05) is 43.3 Å². The number of anilines is 2. The normalized spacial score (nSPS) is 13.8. The predicted octanol–water partition coefficient (Wildman–Crippen LogP) is 4.92. The summed E-state index contributed by atoms with van der Waals surface area (Å²) in [5.74, 6) is 1.62. The van der Waals surface area contributed by atoms with E-state index in [0.717, 1.165) is 59.1 Å². The minimum absolute atomic E-state index is 0.124. The molecule has 0 saturated carbocycles. The molecule has 5 rings (SSSR count). The Morgan fingerprint density at radius 2 is 1.77 bits per heavy atom. The van der Waals surface area contributed by atoms with E-state index >= 15 is 0 Å². The van der Waals surface area contributed by atoms with E-state index < -0.39 is 0 Å². The van der Waals surface area contributed by atoms with Crippen molar-refractivity contribution >= 4 is 50.6 Å². The summed E-state index contributed by atoms with van der Waals surface area (Å²) in [5, 5.41) is 4.60. The van der Waals surface area contributed by atoms with Crippen molar-refractivity contribution in [2.45, 2.75) is 13.5 Å². The van der Waals surface area contributed by atoms with Gasteiger partial charge in [-0.25, -0.2) is 9.97 Å². The molecule has 9 heteroatoms. The van der Waals surface area contributed by atoms with Crippen molar-refractivity contribution in [2.24, 2.45) is 0 Å². The molecule has 1 amide bonds. The molecular weight excluding hydrogens is 482 g/mol. The molecule has 2 aromatic carbocycles. The Balaban J connectivity index is 1.32. The molecule has 2 aromatic heterocycles. The Kier molecular flexibility index (Phi) is 6.74. The Morgan fingerprint density at radius 3 is 2.49 bits per heavy atom. The lowest BCUT2D eigenvalue weighted by Gasteiger charge is -2.37.